The number of aromatic nitrogens is 1. The molecule has 41 heavy (non-hydrogen) atoms. The molecule has 1 aliphatic rings. The Morgan fingerprint density at radius 2 is 1.80 bits per heavy atom. The molecule has 0 atom stereocenters. The highest BCUT2D eigenvalue weighted by Gasteiger charge is 2.28. The zero-order valence-electron chi connectivity index (χ0n) is 22.6. The maximum Gasteiger partial charge on any atom is 0.291 e. The van der Waals surface area contributed by atoms with Crippen LogP contribution in [-0.4, -0.2) is 27.0 Å². The number of nitrogens with zero attached hydrogens (tertiary/aromatic N) is 3. The average Bonchev–Trinajstić information content (AvgIpc) is 3.50. The van der Waals surface area contributed by atoms with Gasteiger partial charge < -0.3 is 14.3 Å². The predicted octanol–water partition coefficient (Wildman–Crippen LogP) is 6.35. The first-order valence-corrected chi connectivity index (χ1v) is 13.4. The van der Waals surface area contributed by atoms with E-state index in [-0.39, 0.29) is 22.9 Å². The summed E-state index contributed by atoms with van der Waals surface area (Å²) < 4.78 is 8.28. The molecule has 0 spiro atoms. The fraction of sp³-hybridized carbons (Fsp3) is 0.194. The minimum atomic E-state index is -0.563. The fourth-order valence-corrected chi connectivity index (χ4v) is 5.60. The summed E-state index contributed by atoms with van der Waals surface area (Å²) >= 11 is 0. The summed E-state index contributed by atoms with van der Waals surface area (Å²) in [4.78, 5) is 36.5. The first-order chi connectivity index (χ1) is 19.9. The lowest BCUT2D eigenvalue weighted by Gasteiger charge is -2.13. The Kier molecular flexibility index (Phi) is 6.58. The van der Waals surface area contributed by atoms with Crippen LogP contribution in [0.15, 0.2) is 76.2 Å². The van der Waals surface area contributed by atoms with E-state index >= 15 is 0 Å². The number of para-hydroxylation sites is 1. The molecule has 1 aliphatic carbocycles. The van der Waals surface area contributed by atoms with Gasteiger partial charge in [0.2, 0.25) is 0 Å². The number of aryl methyl sites for hydroxylation is 2. The molecule has 0 saturated carbocycles. The van der Waals surface area contributed by atoms with E-state index in [1.165, 1.54) is 24.3 Å². The molecular formula is C31H27N5O5. The van der Waals surface area contributed by atoms with Crippen molar-refractivity contribution in [2.45, 2.75) is 39.7 Å². The van der Waals surface area contributed by atoms with Crippen molar-refractivity contribution >= 4 is 50.7 Å². The van der Waals surface area contributed by atoms with Gasteiger partial charge >= 0.3 is 0 Å². The number of nitro groups is 1. The van der Waals surface area contributed by atoms with Gasteiger partial charge in [-0.3, -0.25) is 19.7 Å². The number of hydrogen-bond acceptors (Lipinski definition) is 6. The third kappa shape index (κ3) is 4.63. The van der Waals surface area contributed by atoms with Gasteiger partial charge in [0, 0.05) is 69.3 Å². The number of fused-ring (bicyclic) bond motifs is 4. The molecule has 0 unspecified atom stereocenters. The van der Waals surface area contributed by atoms with Gasteiger partial charge in [0.1, 0.15) is 5.76 Å². The number of nitro benzene ring substituents is 1. The summed E-state index contributed by atoms with van der Waals surface area (Å²) in [5, 5.41) is 20.5. The molecule has 10 nitrogen and oxygen atoms in total. The lowest BCUT2D eigenvalue weighted by Crippen LogP contribution is -2.22. The molecule has 10 heteroatoms. The standard InChI is InChI=1S/C31H27N5O5/c1-3-35-25-12-5-4-10-22(25)23-17-20(14-15-26(23)35)32-31(38)29-18(2)28-24(11-7-13-27(28)41-29)33-34-30(37)19-8-6-9-21(16-19)36(39)40/h4-6,8-10,12,14-17H,3,7,11,13H2,1-2H3,(H,32,38)(H,34,37)/b33-24+. The van der Waals surface area contributed by atoms with E-state index in [4.69, 9.17) is 4.42 Å². The molecule has 0 aliphatic heterocycles. The zero-order valence-corrected chi connectivity index (χ0v) is 22.6. The first kappa shape index (κ1) is 26.0. The average molecular weight is 550 g/mol. The molecule has 2 N–H and O–H groups in total. The minimum Gasteiger partial charge on any atom is -0.455 e. The normalized spacial score (nSPS) is 13.9. The summed E-state index contributed by atoms with van der Waals surface area (Å²) in [5.41, 5.74) is 7.31. The summed E-state index contributed by atoms with van der Waals surface area (Å²) in [6.45, 7) is 4.75. The van der Waals surface area contributed by atoms with E-state index in [1.807, 2.05) is 30.3 Å². The highest BCUT2D eigenvalue weighted by molar-refractivity contribution is 6.12. The first-order valence-electron chi connectivity index (χ1n) is 13.4. The van der Waals surface area contributed by atoms with Crippen molar-refractivity contribution in [1.82, 2.24) is 9.99 Å². The Labute approximate surface area is 234 Å². The Balaban J connectivity index is 1.26. The second-order valence-corrected chi connectivity index (χ2v) is 9.96. The quantitative estimate of drug-likeness (QED) is 0.188. The highest BCUT2D eigenvalue weighted by atomic mass is 16.6. The van der Waals surface area contributed by atoms with Gasteiger partial charge in [0.25, 0.3) is 17.5 Å². The molecule has 0 saturated heterocycles. The Hall–Kier alpha value is -5.25. The molecule has 0 fully saturated rings. The van der Waals surface area contributed by atoms with Crippen molar-refractivity contribution in [1.29, 1.82) is 0 Å². The number of hydrazone groups is 1. The van der Waals surface area contributed by atoms with E-state index in [0.29, 0.717) is 41.1 Å². The monoisotopic (exact) mass is 549 g/mol. The number of furan rings is 1. The van der Waals surface area contributed by atoms with Gasteiger partial charge in [-0.2, -0.15) is 5.10 Å². The van der Waals surface area contributed by atoms with Crippen LogP contribution in [-0.2, 0) is 13.0 Å². The third-order valence-electron chi connectivity index (χ3n) is 7.49. The second kappa shape index (κ2) is 10.4. The number of benzene rings is 3. The van der Waals surface area contributed by atoms with Crippen LogP contribution in [0.25, 0.3) is 21.8 Å². The smallest absolute Gasteiger partial charge is 0.291 e. The van der Waals surface area contributed by atoms with Crippen LogP contribution >= 0.6 is 0 Å². The lowest BCUT2D eigenvalue weighted by molar-refractivity contribution is -0.384. The Morgan fingerprint density at radius 1 is 1.00 bits per heavy atom. The van der Waals surface area contributed by atoms with Crippen molar-refractivity contribution in [2.24, 2.45) is 5.10 Å². The summed E-state index contributed by atoms with van der Waals surface area (Å²) in [6, 6.07) is 19.5. The molecule has 2 heterocycles. The van der Waals surface area contributed by atoms with E-state index < -0.39 is 10.8 Å². The zero-order chi connectivity index (χ0) is 28.7. The number of carbonyl (C=O) groups excluding carboxylic acids is 2. The number of amides is 2. The summed E-state index contributed by atoms with van der Waals surface area (Å²) in [7, 11) is 0. The number of carbonyl (C=O) groups is 2. The summed E-state index contributed by atoms with van der Waals surface area (Å²) in [6.07, 6.45) is 1.97. The molecular weight excluding hydrogens is 522 g/mol. The van der Waals surface area contributed by atoms with Gasteiger partial charge in [-0.15, -0.1) is 0 Å². The Morgan fingerprint density at radius 3 is 2.61 bits per heavy atom. The van der Waals surface area contributed by atoms with Crippen LogP contribution in [0.5, 0.6) is 0 Å². The maximum absolute atomic E-state index is 13.4. The number of nitrogens with one attached hydrogen (secondary N) is 2. The van der Waals surface area contributed by atoms with Gasteiger partial charge in [0.05, 0.1) is 10.6 Å². The lowest BCUT2D eigenvalue weighted by atomic mass is 9.93. The van der Waals surface area contributed by atoms with Gasteiger partial charge in [-0.1, -0.05) is 24.3 Å². The van der Waals surface area contributed by atoms with Crippen LogP contribution in [0.4, 0.5) is 11.4 Å². The van der Waals surface area contributed by atoms with Crippen LogP contribution < -0.4 is 10.7 Å². The van der Waals surface area contributed by atoms with E-state index in [1.54, 1.807) is 6.92 Å². The van der Waals surface area contributed by atoms with Crippen LogP contribution in [0.2, 0.25) is 0 Å². The SMILES string of the molecule is CCn1c2ccccc2c2cc(NC(=O)c3oc4c(c3C)/C(=N/NC(=O)c3cccc([N+](=O)[O-])c3)CCC4)ccc21. The van der Waals surface area contributed by atoms with Crippen molar-refractivity contribution in [3.63, 3.8) is 0 Å². The molecule has 206 valence electrons. The molecule has 6 rings (SSSR count). The Bertz CT molecular complexity index is 1900. The topological polar surface area (TPSA) is 132 Å². The maximum atomic E-state index is 13.4. The van der Waals surface area contributed by atoms with Crippen molar-refractivity contribution in [2.75, 3.05) is 5.32 Å². The number of hydrogen-bond donors (Lipinski definition) is 2. The number of anilines is 1. The molecule has 0 radical (unpaired) electrons. The third-order valence-corrected chi connectivity index (χ3v) is 7.49. The molecule has 2 aromatic heterocycles. The number of rotatable bonds is 6. The molecule has 2 amide bonds. The second-order valence-electron chi connectivity index (χ2n) is 9.96. The van der Waals surface area contributed by atoms with Crippen molar-refractivity contribution < 1.29 is 18.9 Å². The van der Waals surface area contributed by atoms with Crippen LogP contribution in [0.1, 0.15) is 57.6 Å². The minimum absolute atomic E-state index is 0.127. The van der Waals surface area contributed by atoms with Crippen molar-refractivity contribution in [3.8, 4) is 0 Å². The molecule has 3 aromatic carbocycles. The predicted molar refractivity (Wildman–Crippen MR) is 157 cm³/mol. The van der Waals surface area contributed by atoms with Gasteiger partial charge in [-0.25, -0.2) is 5.43 Å². The molecule has 5 aromatic rings. The molecule has 0 bridgehead atoms. The van der Waals surface area contributed by atoms with Crippen LogP contribution in [0, 0.1) is 17.0 Å². The van der Waals surface area contributed by atoms with Gasteiger partial charge in [0.15, 0.2) is 5.76 Å². The van der Waals surface area contributed by atoms with Crippen LogP contribution in [0.3, 0.4) is 0 Å². The van der Waals surface area contributed by atoms with E-state index in [0.717, 1.165) is 34.8 Å². The fourth-order valence-electron chi connectivity index (χ4n) is 5.60. The number of non-ortho nitro benzene ring substituents is 1. The van der Waals surface area contributed by atoms with E-state index in [2.05, 4.69) is 39.5 Å². The van der Waals surface area contributed by atoms with Gasteiger partial charge in [-0.05, 0) is 57.0 Å². The summed E-state index contributed by atoms with van der Waals surface area (Å²) in [5.74, 6) is -0.0860. The largest absolute Gasteiger partial charge is 0.455 e. The van der Waals surface area contributed by atoms with Crippen molar-refractivity contribution in [3.05, 3.63) is 105 Å². The van der Waals surface area contributed by atoms with E-state index in [9.17, 15) is 19.7 Å². The highest BCUT2D eigenvalue weighted by Crippen LogP contribution is 2.33.